The van der Waals surface area contributed by atoms with Crippen molar-refractivity contribution in [1.29, 1.82) is 0 Å². The second-order valence-electron chi connectivity index (χ2n) is 4.58. The zero-order valence-electron chi connectivity index (χ0n) is 9.98. The summed E-state index contributed by atoms with van der Waals surface area (Å²) in [6.07, 6.45) is 1.32. The number of hydrogen-bond donors (Lipinski definition) is 2. The molecule has 0 radical (unpaired) electrons. The van der Waals surface area contributed by atoms with Crippen LogP contribution in [0.15, 0.2) is 22.8 Å². The van der Waals surface area contributed by atoms with Crippen LogP contribution in [-0.4, -0.2) is 31.3 Å². The molecule has 0 amide bonds. The van der Waals surface area contributed by atoms with Crippen molar-refractivity contribution in [3.8, 4) is 0 Å². The number of fused-ring (bicyclic) bond motifs is 1. The lowest BCUT2D eigenvalue weighted by Crippen LogP contribution is -2.42. The Morgan fingerprint density at radius 2 is 2.24 bits per heavy atom. The summed E-state index contributed by atoms with van der Waals surface area (Å²) in [7, 11) is 0. The summed E-state index contributed by atoms with van der Waals surface area (Å²) in [6.45, 7) is 5.54. The molecule has 0 bridgehead atoms. The molecule has 2 heterocycles. The molecule has 2 aromatic rings. The lowest BCUT2D eigenvalue weighted by atomic mass is 9.99. The highest BCUT2D eigenvalue weighted by Gasteiger charge is 2.25. The normalized spacial score (nSPS) is 13.9. The number of pyridine rings is 1. The van der Waals surface area contributed by atoms with Crippen molar-refractivity contribution >= 4 is 27.5 Å². The Morgan fingerprint density at radius 3 is 2.82 bits per heavy atom. The minimum atomic E-state index is -0.502. The van der Waals surface area contributed by atoms with E-state index in [2.05, 4.69) is 31.3 Å². The second kappa shape index (κ2) is 4.27. The van der Waals surface area contributed by atoms with Gasteiger partial charge in [-0.2, -0.15) is 4.98 Å². The second-order valence-corrected chi connectivity index (χ2v) is 5.44. The minimum Gasteiger partial charge on any atom is -0.391 e. The number of aliphatic hydroxyl groups excluding tert-OH is 1. The fraction of sp³-hybridized carbons (Fsp3) is 0.455. The average Bonchev–Trinajstić information content (AvgIpc) is 2.60. The topological polar surface area (TPSA) is 62.5 Å². The van der Waals surface area contributed by atoms with Gasteiger partial charge in [0.25, 0.3) is 0 Å². The van der Waals surface area contributed by atoms with E-state index in [4.69, 9.17) is 0 Å². The highest BCUT2D eigenvalue weighted by molar-refractivity contribution is 9.10. The number of aromatic nitrogens is 3. The van der Waals surface area contributed by atoms with Crippen molar-refractivity contribution in [2.75, 3.05) is 5.32 Å². The van der Waals surface area contributed by atoms with Gasteiger partial charge < -0.3 is 10.4 Å². The molecule has 0 aromatic carbocycles. The number of aliphatic hydroxyl groups is 1. The Balaban J connectivity index is 2.35. The fourth-order valence-corrected chi connectivity index (χ4v) is 1.74. The SMILES string of the molecule is CC(O)C(C)(C)Nc1nc2c(Br)cccn2n1. The molecule has 0 saturated carbocycles. The van der Waals surface area contributed by atoms with Gasteiger partial charge in [0.2, 0.25) is 5.95 Å². The number of halogens is 1. The molecule has 92 valence electrons. The smallest absolute Gasteiger partial charge is 0.243 e. The average molecular weight is 299 g/mol. The van der Waals surface area contributed by atoms with E-state index in [0.29, 0.717) is 5.95 Å². The van der Waals surface area contributed by atoms with Crippen molar-refractivity contribution in [2.45, 2.75) is 32.4 Å². The van der Waals surface area contributed by atoms with E-state index in [-0.39, 0.29) is 0 Å². The monoisotopic (exact) mass is 298 g/mol. The molecule has 1 atom stereocenters. The van der Waals surface area contributed by atoms with Crippen molar-refractivity contribution in [3.05, 3.63) is 22.8 Å². The molecule has 2 aromatic heterocycles. The van der Waals surface area contributed by atoms with E-state index in [1.165, 1.54) is 0 Å². The van der Waals surface area contributed by atoms with Crippen molar-refractivity contribution < 1.29 is 5.11 Å². The summed E-state index contributed by atoms with van der Waals surface area (Å²) < 4.78 is 2.57. The van der Waals surface area contributed by atoms with E-state index < -0.39 is 11.6 Å². The minimum absolute atomic E-state index is 0.475. The molecular weight excluding hydrogens is 284 g/mol. The predicted molar refractivity (Wildman–Crippen MR) is 70.1 cm³/mol. The van der Waals surface area contributed by atoms with Crippen molar-refractivity contribution in [1.82, 2.24) is 14.6 Å². The van der Waals surface area contributed by atoms with E-state index in [9.17, 15) is 5.11 Å². The number of hydrogen-bond acceptors (Lipinski definition) is 4. The fourth-order valence-electron chi connectivity index (χ4n) is 1.32. The molecule has 1 unspecified atom stereocenters. The lowest BCUT2D eigenvalue weighted by molar-refractivity contribution is 0.132. The predicted octanol–water partition coefficient (Wildman–Crippen LogP) is 2.06. The zero-order chi connectivity index (χ0) is 12.6. The summed E-state index contributed by atoms with van der Waals surface area (Å²) in [5, 5.41) is 17.1. The Labute approximate surface area is 108 Å². The van der Waals surface area contributed by atoms with Crippen LogP contribution >= 0.6 is 15.9 Å². The largest absolute Gasteiger partial charge is 0.391 e. The summed E-state index contributed by atoms with van der Waals surface area (Å²) in [5.74, 6) is 0.503. The van der Waals surface area contributed by atoms with Crippen LogP contribution in [0, 0.1) is 0 Å². The molecule has 0 saturated heterocycles. The number of nitrogens with zero attached hydrogens (tertiary/aromatic N) is 3. The summed E-state index contributed by atoms with van der Waals surface area (Å²) in [4.78, 5) is 4.36. The van der Waals surface area contributed by atoms with Crippen LogP contribution < -0.4 is 5.32 Å². The van der Waals surface area contributed by atoms with Gasteiger partial charge in [-0.3, -0.25) is 0 Å². The summed E-state index contributed by atoms with van der Waals surface area (Å²) >= 11 is 3.42. The van der Waals surface area contributed by atoms with E-state index >= 15 is 0 Å². The molecule has 0 aliphatic heterocycles. The Kier molecular flexibility index (Phi) is 3.09. The van der Waals surface area contributed by atoms with E-state index in [1.807, 2.05) is 32.2 Å². The van der Waals surface area contributed by atoms with Crippen LogP contribution in [0.1, 0.15) is 20.8 Å². The summed E-state index contributed by atoms with van der Waals surface area (Å²) in [6, 6.07) is 3.79. The third kappa shape index (κ3) is 2.42. The molecular formula is C11H15BrN4O. The van der Waals surface area contributed by atoms with Crippen LogP contribution in [0.3, 0.4) is 0 Å². The Morgan fingerprint density at radius 1 is 1.53 bits per heavy atom. The molecule has 0 aliphatic carbocycles. The van der Waals surface area contributed by atoms with Gasteiger partial charge in [0.15, 0.2) is 5.65 Å². The first-order valence-corrected chi connectivity index (χ1v) is 6.16. The first-order chi connectivity index (χ1) is 7.90. The van der Waals surface area contributed by atoms with Crippen molar-refractivity contribution in [3.63, 3.8) is 0 Å². The number of rotatable bonds is 3. The maximum Gasteiger partial charge on any atom is 0.243 e. The standard InChI is InChI=1S/C11H15BrN4O/c1-7(17)11(2,3)14-10-13-9-8(12)5-4-6-16(9)15-10/h4-7,17H,1-3H3,(H,14,15). The zero-order valence-corrected chi connectivity index (χ0v) is 11.6. The molecule has 0 fully saturated rings. The van der Waals surface area contributed by atoms with Crippen molar-refractivity contribution in [2.24, 2.45) is 0 Å². The molecule has 6 heteroatoms. The van der Waals surface area contributed by atoms with Crippen LogP contribution in [0.25, 0.3) is 5.65 Å². The van der Waals surface area contributed by atoms with Gasteiger partial charge in [0, 0.05) is 6.20 Å². The Bertz CT molecular complexity index is 535. The van der Waals surface area contributed by atoms with Gasteiger partial charge in [-0.05, 0) is 48.8 Å². The van der Waals surface area contributed by atoms with Gasteiger partial charge in [-0.1, -0.05) is 0 Å². The number of nitrogens with one attached hydrogen (secondary N) is 1. The molecule has 2 rings (SSSR count). The molecule has 17 heavy (non-hydrogen) atoms. The highest BCUT2D eigenvalue weighted by Crippen LogP contribution is 2.20. The number of anilines is 1. The molecule has 0 aliphatic rings. The maximum absolute atomic E-state index is 9.64. The molecule has 5 nitrogen and oxygen atoms in total. The molecule has 0 spiro atoms. The van der Waals surface area contributed by atoms with Crippen LogP contribution in [0.2, 0.25) is 0 Å². The van der Waals surface area contributed by atoms with Gasteiger partial charge in [0.05, 0.1) is 16.1 Å². The maximum atomic E-state index is 9.64. The van der Waals surface area contributed by atoms with E-state index in [1.54, 1.807) is 11.4 Å². The molecule has 2 N–H and O–H groups in total. The summed E-state index contributed by atoms with van der Waals surface area (Å²) in [5.41, 5.74) is 0.272. The van der Waals surface area contributed by atoms with Gasteiger partial charge in [-0.15, -0.1) is 5.10 Å². The first-order valence-electron chi connectivity index (χ1n) is 5.37. The quantitative estimate of drug-likeness (QED) is 0.910. The third-order valence-corrected chi connectivity index (χ3v) is 3.41. The van der Waals surface area contributed by atoms with Crippen LogP contribution in [0.5, 0.6) is 0 Å². The Hall–Kier alpha value is -1.14. The third-order valence-electron chi connectivity index (χ3n) is 2.79. The van der Waals surface area contributed by atoms with E-state index in [0.717, 1.165) is 10.1 Å². The highest BCUT2D eigenvalue weighted by atomic mass is 79.9. The van der Waals surface area contributed by atoms with Crippen LogP contribution in [0.4, 0.5) is 5.95 Å². The first kappa shape index (κ1) is 12.3. The van der Waals surface area contributed by atoms with Gasteiger partial charge in [0.1, 0.15) is 0 Å². The van der Waals surface area contributed by atoms with Crippen LogP contribution in [-0.2, 0) is 0 Å². The van der Waals surface area contributed by atoms with Gasteiger partial charge >= 0.3 is 0 Å². The van der Waals surface area contributed by atoms with Gasteiger partial charge in [-0.25, -0.2) is 4.52 Å². The lowest BCUT2D eigenvalue weighted by Gasteiger charge is -2.28.